The van der Waals surface area contributed by atoms with Crippen molar-refractivity contribution in [1.82, 2.24) is 15.6 Å². The lowest BCUT2D eigenvalue weighted by Gasteiger charge is -2.06. The van der Waals surface area contributed by atoms with E-state index in [0.717, 1.165) is 30.2 Å². The predicted molar refractivity (Wildman–Crippen MR) is 80.8 cm³/mol. The second-order valence-electron chi connectivity index (χ2n) is 4.51. The normalized spacial score (nSPS) is 11.4. The lowest BCUT2D eigenvalue weighted by molar-refractivity contribution is 0.572. The highest BCUT2D eigenvalue weighted by molar-refractivity contribution is 5.79. The maximum Gasteiger partial charge on any atom is 0.226 e. The summed E-state index contributed by atoms with van der Waals surface area (Å²) in [5.41, 5.74) is 3.16. The Bertz CT molecular complexity index is 572. The molecule has 2 aromatic rings. The van der Waals surface area contributed by atoms with E-state index in [0.29, 0.717) is 5.89 Å². The van der Waals surface area contributed by atoms with E-state index in [1.807, 2.05) is 19.2 Å². The van der Waals surface area contributed by atoms with E-state index < -0.39 is 0 Å². The Hall–Kier alpha value is -2.30. The first-order chi connectivity index (χ1) is 9.72. The summed E-state index contributed by atoms with van der Waals surface area (Å²) < 4.78 is 5.52. The molecule has 0 aliphatic heterocycles. The van der Waals surface area contributed by atoms with E-state index in [-0.39, 0.29) is 0 Å². The average molecular weight is 272 g/mol. The molecule has 0 fully saturated rings. The minimum absolute atomic E-state index is 0.665. The number of guanidine groups is 1. The maximum atomic E-state index is 5.52. The van der Waals surface area contributed by atoms with Crippen LogP contribution in [0.5, 0.6) is 0 Å². The lowest BCUT2D eigenvalue weighted by Crippen LogP contribution is -2.35. The summed E-state index contributed by atoms with van der Waals surface area (Å²) in [4.78, 5) is 8.54. The number of nitrogens with one attached hydrogen (secondary N) is 2. The Morgan fingerprint density at radius 3 is 2.70 bits per heavy atom. The Morgan fingerprint density at radius 2 is 2.05 bits per heavy atom. The molecule has 5 nitrogen and oxygen atoms in total. The molecule has 0 atom stereocenters. The number of hydrogen-bond donors (Lipinski definition) is 2. The third-order valence-corrected chi connectivity index (χ3v) is 2.98. The molecule has 2 N–H and O–H groups in total. The fraction of sp³-hybridized carbons (Fsp3) is 0.333. The molecule has 106 valence electrons. The Labute approximate surface area is 119 Å². The van der Waals surface area contributed by atoms with Gasteiger partial charge < -0.3 is 15.1 Å². The molecule has 0 saturated heterocycles. The van der Waals surface area contributed by atoms with Crippen LogP contribution in [0.15, 0.2) is 39.9 Å². The first-order valence-electron chi connectivity index (χ1n) is 6.63. The molecule has 0 saturated carbocycles. The third-order valence-electron chi connectivity index (χ3n) is 2.98. The standard InChI is InChI=1S/C15H20N4O/c1-11-4-6-12(7-5-11)14-19-13(10-20-14)8-9-18-15(16-2)17-3/h4-7,10H,8-9H2,1-3H3,(H2,16,17,18). The van der Waals surface area contributed by atoms with Gasteiger partial charge in [-0.15, -0.1) is 0 Å². The van der Waals surface area contributed by atoms with Gasteiger partial charge in [-0.25, -0.2) is 4.98 Å². The first-order valence-corrected chi connectivity index (χ1v) is 6.63. The van der Waals surface area contributed by atoms with Crippen LogP contribution in [0.3, 0.4) is 0 Å². The molecule has 5 heteroatoms. The maximum absolute atomic E-state index is 5.52. The van der Waals surface area contributed by atoms with Crippen LogP contribution in [-0.2, 0) is 6.42 Å². The summed E-state index contributed by atoms with van der Waals surface area (Å²) in [6.45, 7) is 2.82. The van der Waals surface area contributed by atoms with Crippen molar-refractivity contribution in [3.8, 4) is 11.5 Å². The smallest absolute Gasteiger partial charge is 0.226 e. The van der Waals surface area contributed by atoms with E-state index in [2.05, 4.69) is 39.7 Å². The van der Waals surface area contributed by atoms with Crippen LogP contribution in [0.25, 0.3) is 11.5 Å². The molecule has 0 aliphatic carbocycles. The number of benzene rings is 1. The number of aliphatic imine (C=N–C) groups is 1. The SMILES string of the molecule is CN=C(NC)NCCc1coc(-c2ccc(C)cc2)n1. The molecule has 0 bridgehead atoms. The molecule has 0 unspecified atom stereocenters. The van der Waals surface area contributed by atoms with E-state index in [4.69, 9.17) is 4.42 Å². The Morgan fingerprint density at radius 1 is 1.30 bits per heavy atom. The highest BCUT2D eigenvalue weighted by Gasteiger charge is 2.06. The van der Waals surface area contributed by atoms with E-state index >= 15 is 0 Å². The number of aromatic nitrogens is 1. The topological polar surface area (TPSA) is 62.5 Å². The fourth-order valence-electron chi connectivity index (χ4n) is 1.84. The van der Waals surface area contributed by atoms with Gasteiger partial charge in [-0.1, -0.05) is 17.7 Å². The van der Waals surface area contributed by atoms with Crippen molar-refractivity contribution < 1.29 is 4.42 Å². The molecule has 2 rings (SSSR count). The van der Waals surface area contributed by atoms with Crippen LogP contribution in [0.4, 0.5) is 0 Å². The molecule has 0 aliphatic rings. The summed E-state index contributed by atoms with van der Waals surface area (Å²) >= 11 is 0. The monoisotopic (exact) mass is 272 g/mol. The number of oxazole rings is 1. The van der Waals surface area contributed by atoms with Crippen molar-refractivity contribution in [2.75, 3.05) is 20.6 Å². The molecule has 0 amide bonds. The Kier molecular flexibility index (Phi) is 4.76. The van der Waals surface area contributed by atoms with Gasteiger partial charge in [0.25, 0.3) is 0 Å². The first kappa shape index (κ1) is 14.1. The molecule has 0 spiro atoms. The minimum atomic E-state index is 0.665. The van der Waals surface area contributed by atoms with Crippen LogP contribution in [-0.4, -0.2) is 31.6 Å². The highest BCUT2D eigenvalue weighted by atomic mass is 16.3. The van der Waals surface area contributed by atoms with Gasteiger partial charge in [0.15, 0.2) is 5.96 Å². The van der Waals surface area contributed by atoms with Crippen LogP contribution in [0.2, 0.25) is 0 Å². The lowest BCUT2D eigenvalue weighted by atomic mass is 10.1. The van der Waals surface area contributed by atoms with Gasteiger partial charge in [0, 0.05) is 32.6 Å². The van der Waals surface area contributed by atoms with Gasteiger partial charge in [0.1, 0.15) is 6.26 Å². The van der Waals surface area contributed by atoms with Crippen molar-refractivity contribution in [3.05, 3.63) is 41.8 Å². The summed E-state index contributed by atoms with van der Waals surface area (Å²) in [5.74, 6) is 1.44. The van der Waals surface area contributed by atoms with Crippen LogP contribution >= 0.6 is 0 Å². The van der Waals surface area contributed by atoms with Crippen LogP contribution in [0.1, 0.15) is 11.3 Å². The molecule has 1 aromatic carbocycles. The zero-order chi connectivity index (χ0) is 14.4. The summed E-state index contributed by atoms with van der Waals surface area (Å²) in [5, 5.41) is 6.15. The third kappa shape index (κ3) is 3.60. The second kappa shape index (κ2) is 6.75. The Balaban J connectivity index is 1.94. The van der Waals surface area contributed by atoms with Crippen molar-refractivity contribution in [3.63, 3.8) is 0 Å². The molecule has 1 aromatic heterocycles. The number of rotatable bonds is 4. The second-order valence-corrected chi connectivity index (χ2v) is 4.51. The van der Waals surface area contributed by atoms with Crippen molar-refractivity contribution in [2.24, 2.45) is 4.99 Å². The van der Waals surface area contributed by atoms with Crippen molar-refractivity contribution in [1.29, 1.82) is 0 Å². The van der Waals surface area contributed by atoms with Crippen molar-refractivity contribution >= 4 is 5.96 Å². The van der Waals surface area contributed by atoms with Crippen LogP contribution < -0.4 is 10.6 Å². The van der Waals surface area contributed by atoms with Crippen molar-refractivity contribution in [2.45, 2.75) is 13.3 Å². The summed E-state index contributed by atoms with van der Waals surface area (Å²) in [6, 6.07) is 8.15. The molecular weight excluding hydrogens is 252 g/mol. The predicted octanol–water partition coefficient (Wildman–Crippen LogP) is 1.99. The molecular formula is C15H20N4O. The number of aryl methyl sites for hydroxylation is 1. The largest absolute Gasteiger partial charge is 0.444 e. The molecule has 20 heavy (non-hydrogen) atoms. The van der Waals surface area contributed by atoms with E-state index in [1.165, 1.54) is 5.56 Å². The molecule has 1 heterocycles. The van der Waals surface area contributed by atoms with Gasteiger partial charge in [-0.05, 0) is 19.1 Å². The van der Waals surface area contributed by atoms with Gasteiger partial charge in [0.2, 0.25) is 5.89 Å². The molecule has 0 radical (unpaired) electrons. The van der Waals surface area contributed by atoms with Gasteiger partial charge in [0.05, 0.1) is 5.69 Å². The van der Waals surface area contributed by atoms with E-state index in [9.17, 15) is 0 Å². The highest BCUT2D eigenvalue weighted by Crippen LogP contribution is 2.19. The number of hydrogen-bond acceptors (Lipinski definition) is 3. The average Bonchev–Trinajstić information content (AvgIpc) is 2.93. The number of nitrogens with zero attached hydrogens (tertiary/aromatic N) is 2. The van der Waals surface area contributed by atoms with Gasteiger partial charge in [-0.3, -0.25) is 4.99 Å². The minimum Gasteiger partial charge on any atom is -0.444 e. The summed E-state index contributed by atoms with van der Waals surface area (Å²) in [6.07, 6.45) is 2.50. The van der Waals surface area contributed by atoms with Crippen LogP contribution in [0, 0.1) is 6.92 Å². The zero-order valence-electron chi connectivity index (χ0n) is 12.1. The zero-order valence-corrected chi connectivity index (χ0v) is 12.1. The van der Waals surface area contributed by atoms with Gasteiger partial charge >= 0.3 is 0 Å². The van der Waals surface area contributed by atoms with Gasteiger partial charge in [-0.2, -0.15) is 0 Å². The quantitative estimate of drug-likeness (QED) is 0.660. The summed E-state index contributed by atoms with van der Waals surface area (Å²) in [7, 11) is 3.57. The fourth-order valence-corrected chi connectivity index (χ4v) is 1.84. The van der Waals surface area contributed by atoms with E-state index in [1.54, 1.807) is 13.3 Å².